The van der Waals surface area contributed by atoms with Crippen molar-refractivity contribution in [3.05, 3.63) is 16.8 Å². The molecule has 0 radical (unpaired) electrons. The highest BCUT2D eigenvalue weighted by atomic mass is 32.1. The van der Waals surface area contributed by atoms with E-state index in [0.29, 0.717) is 37.5 Å². The minimum absolute atomic E-state index is 0.00796. The highest BCUT2D eigenvalue weighted by molar-refractivity contribution is 7.19. The molecule has 164 valence electrons. The number of thiophene rings is 1. The first-order valence-electron chi connectivity index (χ1n) is 11.4. The summed E-state index contributed by atoms with van der Waals surface area (Å²) in [6, 6.07) is 1.12. The Morgan fingerprint density at radius 1 is 1.23 bits per heavy atom. The van der Waals surface area contributed by atoms with Crippen molar-refractivity contribution in [1.82, 2.24) is 14.9 Å². The van der Waals surface area contributed by atoms with Crippen LogP contribution >= 0.6 is 11.3 Å². The Morgan fingerprint density at radius 3 is 2.77 bits per heavy atom. The van der Waals surface area contributed by atoms with Gasteiger partial charge >= 0.3 is 0 Å². The smallest absolute Gasteiger partial charge is 0.140 e. The maximum absolute atomic E-state index is 13.0. The predicted octanol–water partition coefficient (Wildman–Crippen LogP) is 4.39. The van der Waals surface area contributed by atoms with Gasteiger partial charge in [-0.05, 0) is 71.5 Å². The van der Waals surface area contributed by atoms with Crippen molar-refractivity contribution in [3.63, 3.8) is 0 Å². The molecule has 2 aromatic rings. The van der Waals surface area contributed by atoms with Crippen molar-refractivity contribution >= 4 is 33.2 Å². The summed E-state index contributed by atoms with van der Waals surface area (Å²) in [5.41, 5.74) is 1.21. The highest BCUT2D eigenvalue weighted by Crippen LogP contribution is 2.46. The van der Waals surface area contributed by atoms with Gasteiger partial charge in [0.05, 0.1) is 5.39 Å². The van der Waals surface area contributed by atoms with Crippen molar-refractivity contribution in [2.24, 2.45) is 0 Å². The first-order valence-corrected chi connectivity index (χ1v) is 12.2. The van der Waals surface area contributed by atoms with Crippen LogP contribution < -0.4 is 5.32 Å². The lowest BCUT2D eigenvalue weighted by Crippen LogP contribution is -2.36. The number of hydrogen-bond donors (Lipinski definition) is 1. The third-order valence-corrected chi connectivity index (χ3v) is 7.86. The molecule has 1 N–H and O–H groups in total. The molecule has 6 nitrogen and oxygen atoms in total. The summed E-state index contributed by atoms with van der Waals surface area (Å²) in [6.07, 6.45) is 9.69. The van der Waals surface area contributed by atoms with Crippen LogP contribution in [0.4, 0.5) is 5.82 Å². The second kappa shape index (κ2) is 9.71. The summed E-state index contributed by atoms with van der Waals surface area (Å²) in [5, 5.41) is 4.83. The van der Waals surface area contributed by atoms with Crippen LogP contribution in [-0.4, -0.2) is 60.0 Å². The molecule has 0 saturated heterocycles. The van der Waals surface area contributed by atoms with E-state index in [1.165, 1.54) is 23.3 Å². The Morgan fingerprint density at radius 2 is 2.03 bits per heavy atom. The summed E-state index contributed by atoms with van der Waals surface area (Å²) in [5.74, 6) is 1.26. The summed E-state index contributed by atoms with van der Waals surface area (Å²) in [7, 11) is 4.35. The molecule has 30 heavy (non-hydrogen) atoms. The molecular weight excluding hydrogens is 396 g/mol. The third-order valence-electron chi connectivity index (χ3n) is 6.68. The average Bonchev–Trinajstić information content (AvgIpc) is 3.31. The van der Waals surface area contributed by atoms with Gasteiger partial charge in [0, 0.05) is 42.5 Å². The number of rotatable bonds is 9. The number of Topliss-reactive ketones (excluding diaryl/α,β-unsaturated/α-hetero) is 1. The molecule has 2 aliphatic rings. The second-order valence-corrected chi connectivity index (χ2v) is 9.90. The van der Waals surface area contributed by atoms with E-state index in [4.69, 9.17) is 4.74 Å². The average molecular weight is 431 g/mol. The SMILES string of the molecule is CCOCCCC(=O)C1CCc2sc3ncnc(NC4CCC(N(C)C)CC4)c3c21. The van der Waals surface area contributed by atoms with Gasteiger partial charge in [-0.2, -0.15) is 0 Å². The quantitative estimate of drug-likeness (QED) is 0.595. The van der Waals surface area contributed by atoms with Gasteiger partial charge in [0.15, 0.2) is 0 Å². The van der Waals surface area contributed by atoms with E-state index in [-0.39, 0.29) is 5.92 Å². The summed E-state index contributed by atoms with van der Waals surface area (Å²) in [6.45, 7) is 3.36. The molecule has 2 aliphatic carbocycles. The maximum Gasteiger partial charge on any atom is 0.140 e. The lowest BCUT2D eigenvalue weighted by Gasteiger charge is -2.33. The van der Waals surface area contributed by atoms with Crippen molar-refractivity contribution in [1.29, 1.82) is 0 Å². The molecule has 1 unspecified atom stereocenters. The summed E-state index contributed by atoms with van der Waals surface area (Å²) < 4.78 is 5.41. The van der Waals surface area contributed by atoms with E-state index >= 15 is 0 Å². The molecular formula is C23H34N4O2S. The van der Waals surface area contributed by atoms with E-state index in [2.05, 4.69) is 34.3 Å². The molecule has 0 aliphatic heterocycles. The molecule has 2 aromatic heterocycles. The van der Waals surface area contributed by atoms with Gasteiger partial charge in [-0.25, -0.2) is 9.97 Å². The number of nitrogens with one attached hydrogen (secondary N) is 1. The number of anilines is 1. The van der Waals surface area contributed by atoms with Gasteiger partial charge in [0.2, 0.25) is 0 Å². The van der Waals surface area contributed by atoms with Crippen LogP contribution in [0.3, 0.4) is 0 Å². The first-order chi connectivity index (χ1) is 14.6. The largest absolute Gasteiger partial charge is 0.382 e. The fourth-order valence-electron chi connectivity index (χ4n) is 5.00. The van der Waals surface area contributed by atoms with Crippen molar-refractivity contribution < 1.29 is 9.53 Å². The number of aryl methyl sites for hydroxylation is 1. The van der Waals surface area contributed by atoms with Crippen LogP contribution in [0.5, 0.6) is 0 Å². The van der Waals surface area contributed by atoms with E-state index in [1.807, 2.05) is 6.92 Å². The van der Waals surface area contributed by atoms with Gasteiger partial charge in [-0.15, -0.1) is 11.3 Å². The van der Waals surface area contributed by atoms with E-state index < -0.39 is 0 Å². The van der Waals surface area contributed by atoms with E-state index in [9.17, 15) is 4.79 Å². The third kappa shape index (κ3) is 4.53. The Kier molecular flexibility index (Phi) is 7.01. The Balaban J connectivity index is 1.51. The van der Waals surface area contributed by atoms with Gasteiger partial charge in [0.25, 0.3) is 0 Å². The van der Waals surface area contributed by atoms with Crippen molar-refractivity contribution in [2.45, 2.75) is 76.3 Å². The number of aromatic nitrogens is 2. The summed E-state index contributed by atoms with van der Waals surface area (Å²) >= 11 is 1.75. The molecule has 0 bridgehead atoms. The zero-order chi connectivity index (χ0) is 21.1. The zero-order valence-electron chi connectivity index (χ0n) is 18.4. The van der Waals surface area contributed by atoms with Crippen molar-refractivity contribution in [2.75, 3.05) is 32.6 Å². The monoisotopic (exact) mass is 430 g/mol. The molecule has 1 saturated carbocycles. The normalized spacial score (nSPS) is 23.8. The molecule has 1 fully saturated rings. The molecule has 2 heterocycles. The molecule has 1 atom stereocenters. The van der Waals surface area contributed by atoms with Crippen LogP contribution in [0, 0.1) is 0 Å². The van der Waals surface area contributed by atoms with Gasteiger partial charge in [-0.1, -0.05) is 0 Å². The van der Waals surface area contributed by atoms with Crippen LogP contribution in [0.15, 0.2) is 6.33 Å². The number of nitrogens with zero attached hydrogens (tertiary/aromatic N) is 3. The highest BCUT2D eigenvalue weighted by Gasteiger charge is 2.34. The number of fused-ring (bicyclic) bond motifs is 3. The Labute approximate surface area is 183 Å². The zero-order valence-corrected chi connectivity index (χ0v) is 19.3. The van der Waals surface area contributed by atoms with E-state index in [1.54, 1.807) is 17.7 Å². The fourth-order valence-corrected chi connectivity index (χ4v) is 6.22. The van der Waals surface area contributed by atoms with Gasteiger partial charge in [-0.3, -0.25) is 4.79 Å². The van der Waals surface area contributed by atoms with Gasteiger partial charge < -0.3 is 15.0 Å². The second-order valence-electron chi connectivity index (χ2n) is 8.81. The van der Waals surface area contributed by atoms with Crippen LogP contribution in [0.2, 0.25) is 0 Å². The summed E-state index contributed by atoms with van der Waals surface area (Å²) in [4.78, 5) is 26.9. The minimum Gasteiger partial charge on any atom is -0.382 e. The number of carbonyl (C=O) groups is 1. The molecule has 0 spiro atoms. The minimum atomic E-state index is -0.00796. The van der Waals surface area contributed by atoms with Gasteiger partial charge in [0.1, 0.15) is 22.8 Å². The lowest BCUT2D eigenvalue weighted by molar-refractivity contribution is -0.120. The van der Waals surface area contributed by atoms with Crippen LogP contribution in [0.1, 0.15) is 68.2 Å². The molecule has 0 aromatic carbocycles. The van der Waals surface area contributed by atoms with Crippen molar-refractivity contribution in [3.8, 4) is 0 Å². The first kappa shape index (κ1) is 21.7. The number of carbonyl (C=O) groups excluding carboxylic acids is 1. The van der Waals surface area contributed by atoms with E-state index in [0.717, 1.165) is 48.1 Å². The topological polar surface area (TPSA) is 67.3 Å². The molecule has 0 amide bonds. The number of ether oxygens (including phenoxy) is 1. The van der Waals surface area contributed by atoms with Crippen LogP contribution in [0.25, 0.3) is 10.2 Å². The molecule has 7 heteroatoms. The Bertz CT molecular complexity index is 873. The standard InChI is InChI=1S/C23H34N4O2S/c1-4-29-13-5-6-18(28)17-11-12-19-20(17)21-22(24-14-25-23(21)30-19)26-15-7-9-16(10-8-15)27(2)3/h14-17H,4-13H2,1-3H3,(H,24,25,26). The number of ketones is 1. The number of hydrogen-bond acceptors (Lipinski definition) is 7. The Hall–Kier alpha value is -1.57. The maximum atomic E-state index is 13.0. The van der Waals surface area contributed by atoms with Crippen LogP contribution in [-0.2, 0) is 16.0 Å². The molecule has 4 rings (SSSR count). The lowest BCUT2D eigenvalue weighted by atomic mass is 9.90. The predicted molar refractivity (Wildman–Crippen MR) is 123 cm³/mol. The fraction of sp³-hybridized carbons (Fsp3) is 0.696.